The third kappa shape index (κ3) is 4.55. The van der Waals surface area contributed by atoms with Gasteiger partial charge < -0.3 is 20.5 Å². The molecule has 0 saturated carbocycles. The number of thiazole rings is 1. The molecule has 0 aliphatic carbocycles. The summed E-state index contributed by atoms with van der Waals surface area (Å²) >= 11 is 1.01. The van der Waals surface area contributed by atoms with Crippen LogP contribution in [-0.4, -0.2) is 75.1 Å². The Morgan fingerprint density at radius 1 is 1.14 bits per heavy atom. The van der Waals surface area contributed by atoms with Gasteiger partial charge in [-0.3, -0.25) is 4.90 Å². The highest BCUT2D eigenvalue weighted by molar-refractivity contribution is 7.22. The summed E-state index contributed by atoms with van der Waals surface area (Å²) in [6, 6.07) is 4.63. The van der Waals surface area contributed by atoms with Crippen molar-refractivity contribution in [1.82, 2.24) is 19.9 Å². The molecule has 2 aromatic carbocycles. The van der Waals surface area contributed by atoms with Gasteiger partial charge in [-0.15, -0.1) is 0 Å². The summed E-state index contributed by atoms with van der Waals surface area (Å²) in [4.78, 5) is 17.7. The molecule has 0 radical (unpaired) electrons. The minimum Gasteiger partial charge on any atom is -0.461 e. The van der Waals surface area contributed by atoms with Crippen molar-refractivity contribution < 1.29 is 23.0 Å². The number of alkyl halides is 1. The first kappa shape index (κ1) is 27.6. The van der Waals surface area contributed by atoms with Crippen LogP contribution in [0.2, 0.25) is 0 Å². The largest absolute Gasteiger partial charge is 0.461 e. The number of aliphatic hydroxyl groups is 1. The molecular formula is C30H33F3N6O2S. The summed E-state index contributed by atoms with van der Waals surface area (Å²) in [6.45, 7) is 5.92. The number of hydrogen-bond donors (Lipinski definition) is 2. The Kier molecular flexibility index (Phi) is 6.52. The topological polar surface area (TPSA) is 101 Å². The normalized spacial score (nSPS) is 26.4. The average Bonchev–Trinajstić information content (AvgIpc) is 3.60. The van der Waals surface area contributed by atoms with E-state index in [4.69, 9.17) is 15.5 Å². The fourth-order valence-electron chi connectivity index (χ4n) is 7.20. The highest BCUT2D eigenvalue weighted by atomic mass is 32.1. The van der Waals surface area contributed by atoms with Crippen LogP contribution in [0.4, 0.5) is 24.1 Å². The molecule has 4 aromatic rings. The molecular weight excluding hydrogens is 565 g/mol. The summed E-state index contributed by atoms with van der Waals surface area (Å²) < 4.78 is 52.1. The van der Waals surface area contributed by atoms with Gasteiger partial charge in [0.2, 0.25) is 0 Å². The molecule has 0 spiro atoms. The van der Waals surface area contributed by atoms with Crippen LogP contribution in [0.15, 0.2) is 18.2 Å². The first-order valence-electron chi connectivity index (χ1n) is 14.4. The number of benzene rings is 2. The van der Waals surface area contributed by atoms with Crippen molar-refractivity contribution in [2.24, 2.45) is 0 Å². The Hall–Kier alpha value is -3.22. The van der Waals surface area contributed by atoms with Crippen LogP contribution in [0.3, 0.4) is 0 Å². The van der Waals surface area contributed by atoms with Gasteiger partial charge in [0.25, 0.3) is 0 Å². The fourth-order valence-corrected chi connectivity index (χ4v) is 7.96. The minimum atomic E-state index is -0.933. The number of hydrogen-bond acceptors (Lipinski definition) is 9. The van der Waals surface area contributed by atoms with Gasteiger partial charge in [0, 0.05) is 42.6 Å². The van der Waals surface area contributed by atoms with E-state index in [9.17, 15) is 13.9 Å². The van der Waals surface area contributed by atoms with E-state index in [2.05, 4.69) is 14.9 Å². The summed E-state index contributed by atoms with van der Waals surface area (Å²) in [6.07, 6.45) is 2.65. The fraction of sp³-hybridized carbons (Fsp3) is 0.500. The summed E-state index contributed by atoms with van der Waals surface area (Å²) in [5.41, 5.74) is 6.15. The van der Waals surface area contributed by atoms with Crippen molar-refractivity contribution in [3.05, 3.63) is 35.4 Å². The number of fused-ring (bicyclic) bond motifs is 3. The standard InChI is InChI=1S/C30H33F3N6O2S/c1-16-11-19-23(22(33)21(16)18-5-6-20(32)25-24(18)35-27(34)42-25)36-28(37-26(19)38-9-3-7-29(2,40)14-38)41-15-30-8-4-10-39(30)13-17(31)12-30/h5-6,11,17,40H,3-4,7-10,12-15H2,1-2H3,(H2,34,35)/t17-,29-,30+/m1/s1. The Balaban J connectivity index is 1.37. The highest BCUT2D eigenvalue weighted by Crippen LogP contribution is 2.43. The summed E-state index contributed by atoms with van der Waals surface area (Å²) in [7, 11) is 0. The van der Waals surface area contributed by atoms with E-state index in [1.807, 2.05) is 11.0 Å². The lowest BCUT2D eigenvalue weighted by Gasteiger charge is -2.38. The van der Waals surface area contributed by atoms with Crippen LogP contribution in [0, 0.1) is 18.6 Å². The molecule has 3 N–H and O–H groups in total. The molecule has 3 fully saturated rings. The monoisotopic (exact) mass is 598 g/mol. The zero-order valence-corrected chi connectivity index (χ0v) is 24.4. The number of piperidine rings is 1. The number of aromatic nitrogens is 3. The molecule has 0 unspecified atom stereocenters. The van der Waals surface area contributed by atoms with Crippen molar-refractivity contribution >= 4 is 43.4 Å². The Morgan fingerprint density at radius 2 is 1.95 bits per heavy atom. The molecule has 7 rings (SSSR count). The molecule has 8 nitrogen and oxygen atoms in total. The molecule has 3 saturated heterocycles. The number of aryl methyl sites for hydroxylation is 1. The molecule has 12 heteroatoms. The molecule has 0 amide bonds. The van der Waals surface area contributed by atoms with Gasteiger partial charge in [0.05, 0.1) is 21.4 Å². The van der Waals surface area contributed by atoms with Gasteiger partial charge in [-0.1, -0.05) is 11.3 Å². The van der Waals surface area contributed by atoms with Crippen LogP contribution >= 0.6 is 11.3 Å². The first-order valence-corrected chi connectivity index (χ1v) is 15.2. The van der Waals surface area contributed by atoms with E-state index in [1.54, 1.807) is 13.8 Å². The molecule has 42 heavy (non-hydrogen) atoms. The molecule has 3 atom stereocenters. The molecule has 5 heterocycles. The number of rotatable bonds is 5. The average molecular weight is 599 g/mol. The van der Waals surface area contributed by atoms with Crippen LogP contribution in [0.25, 0.3) is 32.2 Å². The van der Waals surface area contributed by atoms with Crippen molar-refractivity contribution in [2.45, 2.75) is 63.3 Å². The lowest BCUT2D eigenvalue weighted by molar-refractivity contribution is 0.0447. The number of nitrogen functional groups attached to an aromatic ring is 1. The van der Waals surface area contributed by atoms with Crippen LogP contribution in [-0.2, 0) is 0 Å². The van der Waals surface area contributed by atoms with Crippen molar-refractivity contribution in [3.63, 3.8) is 0 Å². The van der Waals surface area contributed by atoms with Crippen molar-refractivity contribution in [1.29, 1.82) is 0 Å². The van der Waals surface area contributed by atoms with Crippen LogP contribution in [0.1, 0.15) is 44.6 Å². The van der Waals surface area contributed by atoms with Gasteiger partial charge in [-0.2, -0.15) is 9.97 Å². The molecule has 2 aromatic heterocycles. The van der Waals surface area contributed by atoms with Crippen LogP contribution < -0.4 is 15.4 Å². The predicted molar refractivity (Wildman–Crippen MR) is 158 cm³/mol. The molecule has 0 bridgehead atoms. The first-order chi connectivity index (χ1) is 20.0. The number of nitrogens with zero attached hydrogens (tertiary/aromatic N) is 5. The Morgan fingerprint density at radius 3 is 2.76 bits per heavy atom. The maximum Gasteiger partial charge on any atom is 0.319 e. The lowest BCUT2D eigenvalue weighted by atomic mass is 9.94. The summed E-state index contributed by atoms with van der Waals surface area (Å²) in [5.74, 6) is -0.602. The van der Waals surface area contributed by atoms with E-state index < -0.39 is 28.9 Å². The zero-order chi connectivity index (χ0) is 29.4. The Labute approximate surface area is 245 Å². The minimum absolute atomic E-state index is 0.00195. The van der Waals surface area contributed by atoms with Crippen LogP contribution in [0.5, 0.6) is 6.01 Å². The zero-order valence-electron chi connectivity index (χ0n) is 23.6. The predicted octanol–water partition coefficient (Wildman–Crippen LogP) is 5.38. The highest BCUT2D eigenvalue weighted by Gasteiger charge is 2.49. The third-order valence-electron chi connectivity index (χ3n) is 9.07. The second-order valence-corrected chi connectivity index (χ2v) is 13.3. The number of ether oxygens (including phenoxy) is 1. The number of nitrogens with two attached hydrogens (primary N) is 1. The van der Waals surface area contributed by atoms with Gasteiger partial charge in [0.1, 0.15) is 29.9 Å². The maximum absolute atomic E-state index is 16.7. The van der Waals surface area contributed by atoms with Crippen molar-refractivity contribution in [3.8, 4) is 17.1 Å². The van der Waals surface area contributed by atoms with Crippen molar-refractivity contribution in [2.75, 3.05) is 43.4 Å². The third-order valence-corrected chi connectivity index (χ3v) is 9.97. The van der Waals surface area contributed by atoms with Gasteiger partial charge in [0.15, 0.2) is 10.9 Å². The molecule has 3 aliphatic rings. The Bertz CT molecular complexity index is 1710. The molecule has 3 aliphatic heterocycles. The smallest absolute Gasteiger partial charge is 0.319 e. The lowest BCUT2D eigenvalue weighted by Crippen LogP contribution is -2.46. The van der Waals surface area contributed by atoms with E-state index in [0.29, 0.717) is 60.3 Å². The summed E-state index contributed by atoms with van der Waals surface area (Å²) in [5, 5.41) is 11.5. The van der Waals surface area contributed by atoms with Gasteiger partial charge in [-0.25, -0.2) is 18.2 Å². The SMILES string of the molecule is Cc1cc2c(N3CCC[C@@](C)(O)C3)nc(OC[C@@]34CCCN3C[C@H](F)C4)nc2c(F)c1-c1ccc(F)c2sc(N)nc12. The van der Waals surface area contributed by atoms with Gasteiger partial charge in [-0.05, 0) is 69.8 Å². The second-order valence-electron chi connectivity index (χ2n) is 12.3. The van der Waals surface area contributed by atoms with E-state index >= 15 is 4.39 Å². The number of halogens is 3. The number of β-amino-alcohol motifs (C(OH)–C–C–N with tert-alkyl or cyclic N) is 1. The van der Waals surface area contributed by atoms with E-state index in [1.165, 1.54) is 12.1 Å². The molecule has 222 valence electrons. The second kappa shape index (κ2) is 9.92. The maximum atomic E-state index is 16.7. The van der Waals surface area contributed by atoms with Gasteiger partial charge >= 0.3 is 6.01 Å². The number of anilines is 2. The quantitative estimate of drug-likeness (QED) is 0.316. The van der Waals surface area contributed by atoms with E-state index in [0.717, 1.165) is 37.1 Å². The van der Waals surface area contributed by atoms with E-state index in [-0.39, 0.29) is 33.5 Å².